The van der Waals surface area contributed by atoms with Gasteiger partial charge in [0, 0.05) is 45.9 Å². The van der Waals surface area contributed by atoms with Crippen LogP contribution in [0.25, 0.3) is 0 Å². The summed E-state index contributed by atoms with van der Waals surface area (Å²) in [4.78, 5) is 28.6. The predicted molar refractivity (Wildman–Crippen MR) is 107 cm³/mol. The van der Waals surface area contributed by atoms with Crippen molar-refractivity contribution in [3.8, 4) is 0 Å². The first kappa shape index (κ1) is 18.5. The third kappa shape index (κ3) is 4.27. The number of rotatable bonds is 2. The van der Waals surface area contributed by atoms with E-state index in [1.807, 2.05) is 0 Å². The van der Waals surface area contributed by atoms with Crippen LogP contribution in [-0.4, -0.2) is 47.8 Å². The summed E-state index contributed by atoms with van der Waals surface area (Å²) in [5, 5.41) is 1.24. The SMILES string of the molecule is O=C(c1ccc(Cl)cc1)N1CCN(C(=O)c2ccc(Cl)c(I)c2)CC1. The van der Waals surface area contributed by atoms with Gasteiger partial charge in [0.15, 0.2) is 0 Å². The van der Waals surface area contributed by atoms with E-state index in [1.165, 1.54) is 0 Å². The Morgan fingerprint density at radius 1 is 0.800 bits per heavy atom. The van der Waals surface area contributed by atoms with Gasteiger partial charge in [-0.15, -0.1) is 0 Å². The van der Waals surface area contributed by atoms with Crippen molar-refractivity contribution < 1.29 is 9.59 Å². The Balaban J connectivity index is 1.63. The Bertz CT molecular complexity index is 803. The zero-order valence-corrected chi connectivity index (χ0v) is 16.9. The summed E-state index contributed by atoms with van der Waals surface area (Å²) >= 11 is 14.0. The van der Waals surface area contributed by atoms with Crippen molar-refractivity contribution in [3.05, 3.63) is 67.2 Å². The molecule has 0 spiro atoms. The Morgan fingerprint density at radius 2 is 1.28 bits per heavy atom. The molecule has 130 valence electrons. The second kappa shape index (κ2) is 7.93. The van der Waals surface area contributed by atoms with E-state index in [-0.39, 0.29) is 11.8 Å². The number of hydrogen-bond acceptors (Lipinski definition) is 2. The van der Waals surface area contributed by atoms with Crippen molar-refractivity contribution in [1.82, 2.24) is 9.80 Å². The summed E-state index contributed by atoms with van der Waals surface area (Å²) < 4.78 is 0.849. The first-order valence-electron chi connectivity index (χ1n) is 7.75. The maximum absolute atomic E-state index is 12.6. The lowest BCUT2D eigenvalue weighted by atomic mass is 10.1. The molecule has 1 heterocycles. The van der Waals surface area contributed by atoms with Crippen LogP contribution >= 0.6 is 45.8 Å². The maximum atomic E-state index is 12.6. The minimum atomic E-state index is -0.0372. The van der Waals surface area contributed by atoms with Crippen LogP contribution in [0.5, 0.6) is 0 Å². The van der Waals surface area contributed by atoms with Gasteiger partial charge in [-0.3, -0.25) is 9.59 Å². The monoisotopic (exact) mass is 488 g/mol. The molecule has 4 nitrogen and oxygen atoms in total. The Labute approximate surface area is 169 Å². The van der Waals surface area contributed by atoms with E-state index in [2.05, 4.69) is 22.6 Å². The van der Waals surface area contributed by atoms with Gasteiger partial charge in [-0.1, -0.05) is 23.2 Å². The van der Waals surface area contributed by atoms with Crippen LogP contribution < -0.4 is 0 Å². The molecule has 0 N–H and O–H groups in total. The molecule has 0 atom stereocenters. The lowest BCUT2D eigenvalue weighted by molar-refractivity contribution is 0.0535. The number of amides is 2. The molecule has 0 saturated carbocycles. The van der Waals surface area contributed by atoms with Gasteiger partial charge in [0.1, 0.15) is 0 Å². The molecule has 2 aromatic rings. The molecule has 0 aliphatic carbocycles. The molecular formula is C18H15Cl2IN2O2. The van der Waals surface area contributed by atoms with E-state index in [0.717, 1.165) is 3.57 Å². The summed E-state index contributed by atoms with van der Waals surface area (Å²) in [5.74, 6) is -0.0713. The standard InChI is InChI=1S/C18H15Cl2IN2O2/c19-14-4-1-12(2-5-14)17(24)22-7-9-23(10-8-22)18(25)13-3-6-15(20)16(21)11-13/h1-6,11H,7-10H2. The number of piperazine rings is 1. The second-order valence-corrected chi connectivity index (χ2v) is 7.73. The van der Waals surface area contributed by atoms with Gasteiger partial charge in [0.05, 0.1) is 5.02 Å². The first-order chi connectivity index (χ1) is 12.0. The minimum absolute atomic E-state index is 0.0341. The molecule has 3 rings (SSSR count). The molecule has 1 saturated heterocycles. The number of hydrogen-bond donors (Lipinski definition) is 0. The Kier molecular flexibility index (Phi) is 5.86. The lowest BCUT2D eigenvalue weighted by Gasteiger charge is -2.35. The van der Waals surface area contributed by atoms with Gasteiger partial charge in [-0.2, -0.15) is 0 Å². The highest BCUT2D eigenvalue weighted by Gasteiger charge is 2.25. The van der Waals surface area contributed by atoms with E-state index in [4.69, 9.17) is 23.2 Å². The van der Waals surface area contributed by atoms with Crippen LogP contribution in [0.1, 0.15) is 20.7 Å². The molecule has 0 unspecified atom stereocenters. The summed E-state index contributed by atoms with van der Waals surface area (Å²) in [6, 6.07) is 12.1. The quantitative estimate of drug-likeness (QED) is 0.594. The summed E-state index contributed by atoms with van der Waals surface area (Å²) in [6.45, 7) is 2.05. The third-order valence-corrected chi connectivity index (χ3v) is 5.90. The molecule has 1 fully saturated rings. The zero-order chi connectivity index (χ0) is 18.0. The normalized spacial score (nSPS) is 14.5. The second-order valence-electron chi connectivity index (χ2n) is 5.72. The minimum Gasteiger partial charge on any atom is -0.335 e. The first-order valence-corrected chi connectivity index (χ1v) is 9.58. The lowest BCUT2D eigenvalue weighted by Crippen LogP contribution is -2.50. The Hall–Kier alpha value is -1.31. The van der Waals surface area contributed by atoms with Gasteiger partial charge < -0.3 is 9.80 Å². The van der Waals surface area contributed by atoms with Crippen LogP contribution in [0.15, 0.2) is 42.5 Å². The van der Waals surface area contributed by atoms with E-state index >= 15 is 0 Å². The molecule has 1 aliphatic rings. The number of benzene rings is 2. The van der Waals surface area contributed by atoms with Crippen LogP contribution in [0.3, 0.4) is 0 Å². The van der Waals surface area contributed by atoms with Crippen LogP contribution in [0.2, 0.25) is 10.0 Å². The van der Waals surface area contributed by atoms with E-state index < -0.39 is 0 Å². The van der Waals surface area contributed by atoms with E-state index in [0.29, 0.717) is 47.4 Å². The molecule has 0 radical (unpaired) electrons. The van der Waals surface area contributed by atoms with Gasteiger partial charge >= 0.3 is 0 Å². The van der Waals surface area contributed by atoms with Gasteiger partial charge in [-0.25, -0.2) is 0 Å². The molecule has 2 amide bonds. The van der Waals surface area contributed by atoms with Crippen molar-refractivity contribution in [2.75, 3.05) is 26.2 Å². The largest absolute Gasteiger partial charge is 0.335 e. The highest BCUT2D eigenvalue weighted by Crippen LogP contribution is 2.21. The molecule has 1 aliphatic heterocycles. The average molecular weight is 489 g/mol. The Morgan fingerprint density at radius 3 is 1.80 bits per heavy atom. The number of carbonyl (C=O) groups is 2. The highest BCUT2D eigenvalue weighted by atomic mass is 127. The third-order valence-electron chi connectivity index (χ3n) is 4.11. The van der Waals surface area contributed by atoms with Gasteiger partial charge in [-0.05, 0) is 65.1 Å². The van der Waals surface area contributed by atoms with Gasteiger partial charge in [0.25, 0.3) is 11.8 Å². The van der Waals surface area contributed by atoms with Crippen LogP contribution in [-0.2, 0) is 0 Å². The van der Waals surface area contributed by atoms with Crippen molar-refractivity contribution in [2.24, 2.45) is 0 Å². The summed E-state index contributed by atoms with van der Waals surface area (Å²) in [5.41, 5.74) is 1.22. The highest BCUT2D eigenvalue weighted by molar-refractivity contribution is 14.1. The van der Waals surface area contributed by atoms with Crippen molar-refractivity contribution in [2.45, 2.75) is 0 Å². The van der Waals surface area contributed by atoms with Crippen LogP contribution in [0, 0.1) is 3.57 Å². The fourth-order valence-electron chi connectivity index (χ4n) is 2.70. The predicted octanol–water partition coefficient (Wildman–Crippen LogP) is 4.20. The molecule has 25 heavy (non-hydrogen) atoms. The number of halogens is 3. The fourth-order valence-corrected chi connectivity index (χ4v) is 3.46. The average Bonchev–Trinajstić information content (AvgIpc) is 2.63. The van der Waals surface area contributed by atoms with Crippen LogP contribution in [0.4, 0.5) is 0 Å². The summed E-state index contributed by atoms with van der Waals surface area (Å²) in [6.07, 6.45) is 0. The molecule has 7 heteroatoms. The number of nitrogens with zero attached hydrogens (tertiary/aromatic N) is 2. The maximum Gasteiger partial charge on any atom is 0.254 e. The zero-order valence-electron chi connectivity index (χ0n) is 13.2. The van der Waals surface area contributed by atoms with E-state index in [1.54, 1.807) is 52.3 Å². The molecule has 0 aromatic heterocycles. The molecule has 0 bridgehead atoms. The van der Waals surface area contributed by atoms with Crippen molar-refractivity contribution >= 4 is 57.6 Å². The molecule has 2 aromatic carbocycles. The van der Waals surface area contributed by atoms with Crippen molar-refractivity contribution in [3.63, 3.8) is 0 Å². The van der Waals surface area contributed by atoms with Gasteiger partial charge in [0.2, 0.25) is 0 Å². The van der Waals surface area contributed by atoms with E-state index in [9.17, 15) is 9.59 Å². The summed E-state index contributed by atoms with van der Waals surface area (Å²) in [7, 11) is 0. The fraction of sp³-hybridized carbons (Fsp3) is 0.222. The molecular weight excluding hydrogens is 474 g/mol. The number of carbonyl (C=O) groups excluding carboxylic acids is 2. The van der Waals surface area contributed by atoms with Crippen molar-refractivity contribution in [1.29, 1.82) is 0 Å². The smallest absolute Gasteiger partial charge is 0.254 e. The topological polar surface area (TPSA) is 40.6 Å².